The molecule has 0 aliphatic heterocycles. The predicted octanol–water partition coefficient (Wildman–Crippen LogP) is 3.41. The summed E-state index contributed by atoms with van der Waals surface area (Å²) in [6, 6.07) is 11.4. The Balaban J connectivity index is 1.84. The summed E-state index contributed by atoms with van der Waals surface area (Å²) in [6.45, 7) is 0. The van der Waals surface area contributed by atoms with E-state index >= 15 is 0 Å². The van der Waals surface area contributed by atoms with Crippen LogP contribution in [0.5, 0.6) is 0 Å². The number of carbonyl (C=O) groups excluding carboxylic acids is 1. The Bertz CT molecular complexity index is 967. The number of nitrogens with one attached hydrogen (secondary N) is 1. The van der Waals surface area contributed by atoms with Gasteiger partial charge in [0.05, 0.1) is 4.90 Å². The Morgan fingerprint density at radius 3 is 2.33 bits per heavy atom. The molecule has 6 nitrogen and oxygen atoms in total. The molecule has 0 saturated heterocycles. The number of benzene rings is 1. The maximum atomic E-state index is 12.5. The van der Waals surface area contributed by atoms with Crippen molar-refractivity contribution in [3.8, 4) is 0 Å². The molecule has 0 radical (unpaired) electrons. The highest BCUT2D eigenvalue weighted by Crippen LogP contribution is 2.24. The van der Waals surface area contributed by atoms with Gasteiger partial charge in [0.1, 0.15) is 0 Å². The first-order chi connectivity index (χ1) is 11.5. The van der Waals surface area contributed by atoms with E-state index < -0.39 is 15.7 Å². The minimum Gasteiger partial charge on any atom is -0.439 e. The number of anilines is 1. The fraction of sp³-hybridized carbons (Fsp3) is 0. The maximum absolute atomic E-state index is 12.5. The summed E-state index contributed by atoms with van der Waals surface area (Å²) in [5.74, 6) is -0.668. The summed E-state index contributed by atoms with van der Waals surface area (Å²) in [5, 5.41) is 2.69. The van der Waals surface area contributed by atoms with Gasteiger partial charge in [-0.05, 0) is 48.5 Å². The zero-order valence-corrected chi connectivity index (χ0v) is 13.7. The average Bonchev–Trinajstić information content (AvgIpc) is 3.07. The maximum Gasteiger partial charge on any atom is 0.291 e. The summed E-state index contributed by atoms with van der Waals surface area (Å²) >= 11 is 5.75. The summed E-state index contributed by atoms with van der Waals surface area (Å²) in [6.07, 6.45) is 3.04. The molecular formula is C16H11ClN2O4S. The normalized spacial score (nSPS) is 11.2. The van der Waals surface area contributed by atoms with Crippen molar-refractivity contribution < 1.29 is 17.6 Å². The number of pyridine rings is 1. The smallest absolute Gasteiger partial charge is 0.291 e. The molecule has 1 N–H and O–H groups in total. The molecule has 2 aromatic heterocycles. The second-order valence-electron chi connectivity index (χ2n) is 4.77. The molecule has 0 unspecified atom stereocenters. The van der Waals surface area contributed by atoms with Crippen molar-refractivity contribution in [1.82, 2.24) is 4.98 Å². The largest absolute Gasteiger partial charge is 0.439 e. The SMILES string of the molecule is O=C(Nc1ccncc1)c1ccc(S(=O)(=O)c2ccc(Cl)cc2)o1. The van der Waals surface area contributed by atoms with Gasteiger partial charge in [-0.1, -0.05) is 11.6 Å². The first-order valence-corrected chi connectivity index (χ1v) is 8.65. The van der Waals surface area contributed by atoms with Gasteiger partial charge in [0.25, 0.3) is 5.91 Å². The minimum absolute atomic E-state index is 0.0299. The monoisotopic (exact) mass is 362 g/mol. The number of sulfone groups is 1. The van der Waals surface area contributed by atoms with E-state index in [0.717, 1.165) is 0 Å². The van der Waals surface area contributed by atoms with E-state index in [0.29, 0.717) is 10.7 Å². The van der Waals surface area contributed by atoms with Gasteiger partial charge < -0.3 is 9.73 Å². The Hall–Kier alpha value is -2.64. The second kappa shape index (κ2) is 6.46. The van der Waals surface area contributed by atoms with Gasteiger partial charge in [0.15, 0.2) is 5.76 Å². The number of hydrogen-bond acceptors (Lipinski definition) is 5. The lowest BCUT2D eigenvalue weighted by atomic mass is 10.3. The molecular weight excluding hydrogens is 352 g/mol. The number of carbonyl (C=O) groups is 1. The molecule has 1 amide bonds. The van der Waals surface area contributed by atoms with Crippen LogP contribution in [-0.4, -0.2) is 19.3 Å². The van der Waals surface area contributed by atoms with Gasteiger partial charge in [-0.25, -0.2) is 8.42 Å². The molecule has 0 aliphatic rings. The second-order valence-corrected chi connectivity index (χ2v) is 7.08. The number of rotatable bonds is 4. The van der Waals surface area contributed by atoms with Crippen LogP contribution in [0.4, 0.5) is 5.69 Å². The fourth-order valence-corrected chi connectivity index (χ4v) is 3.24. The lowest BCUT2D eigenvalue weighted by Crippen LogP contribution is -2.10. The quantitative estimate of drug-likeness (QED) is 0.768. The molecule has 0 aliphatic carbocycles. The minimum atomic E-state index is -3.86. The Kier molecular flexibility index (Phi) is 4.37. The van der Waals surface area contributed by atoms with E-state index in [9.17, 15) is 13.2 Å². The van der Waals surface area contributed by atoms with E-state index in [4.69, 9.17) is 16.0 Å². The number of aromatic nitrogens is 1. The molecule has 24 heavy (non-hydrogen) atoms. The Labute approximate surface area is 143 Å². The molecule has 1 aromatic carbocycles. The third kappa shape index (κ3) is 3.32. The topological polar surface area (TPSA) is 89.3 Å². The van der Waals surface area contributed by atoms with Crippen molar-refractivity contribution in [2.24, 2.45) is 0 Å². The molecule has 0 spiro atoms. The van der Waals surface area contributed by atoms with Crippen LogP contribution in [0.2, 0.25) is 5.02 Å². The van der Waals surface area contributed by atoms with Gasteiger partial charge in [-0.2, -0.15) is 0 Å². The average molecular weight is 363 g/mol. The summed E-state index contributed by atoms with van der Waals surface area (Å²) in [7, 11) is -3.86. The van der Waals surface area contributed by atoms with Crippen LogP contribution in [-0.2, 0) is 9.84 Å². The van der Waals surface area contributed by atoms with Crippen LogP contribution in [0.15, 0.2) is 75.3 Å². The number of nitrogens with zero attached hydrogens (tertiary/aromatic N) is 1. The molecule has 3 rings (SSSR count). The zero-order chi connectivity index (χ0) is 17.2. The summed E-state index contributed by atoms with van der Waals surface area (Å²) in [5.41, 5.74) is 0.522. The molecule has 0 fully saturated rings. The highest BCUT2D eigenvalue weighted by atomic mass is 35.5. The van der Waals surface area contributed by atoms with Crippen LogP contribution in [0, 0.1) is 0 Å². The van der Waals surface area contributed by atoms with E-state index in [-0.39, 0.29) is 15.7 Å². The van der Waals surface area contributed by atoms with E-state index in [2.05, 4.69) is 10.3 Å². The van der Waals surface area contributed by atoms with Gasteiger partial charge >= 0.3 is 0 Å². The third-order valence-corrected chi connectivity index (χ3v) is 5.03. The Morgan fingerprint density at radius 1 is 1.00 bits per heavy atom. The van der Waals surface area contributed by atoms with Gasteiger partial charge in [0, 0.05) is 23.1 Å². The molecule has 0 saturated carbocycles. The van der Waals surface area contributed by atoms with Crippen molar-refractivity contribution in [3.05, 3.63) is 71.7 Å². The molecule has 8 heteroatoms. The number of hydrogen-bond donors (Lipinski definition) is 1. The van der Waals surface area contributed by atoms with Crippen molar-refractivity contribution in [2.45, 2.75) is 9.99 Å². The molecule has 3 aromatic rings. The Morgan fingerprint density at radius 2 is 1.67 bits per heavy atom. The first-order valence-electron chi connectivity index (χ1n) is 6.79. The lowest BCUT2D eigenvalue weighted by molar-refractivity contribution is 0.0991. The lowest BCUT2D eigenvalue weighted by Gasteiger charge is -2.03. The first kappa shape index (κ1) is 16.2. The van der Waals surface area contributed by atoms with Gasteiger partial charge in [-0.3, -0.25) is 9.78 Å². The van der Waals surface area contributed by atoms with Crippen LogP contribution < -0.4 is 5.32 Å². The number of furan rings is 1. The zero-order valence-electron chi connectivity index (χ0n) is 12.1. The third-order valence-electron chi connectivity index (χ3n) is 3.13. The highest BCUT2D eigenvalue weighted by molar-refractivity contribution is 7.91. The predicted molar refractivity (Wildman–Crippen MR) is 87.8 cm³/mol. The molecule has 122 valence electrons. The van der Waals surface area contributed by atoms with Crippen LogP contribution in [0.3, 0.4) is 0 Å². The van der Waals surface area contributed by atoms with Crippen LogP contribution in [0.25, 0.3) is 0 Å². The van der Waals surface area contributed by atoms with Crippen molar-refractivity contribution in [2.75, 3.05) is 5.32 Å². The molecule has 0 bridgehead atoms. The van der Waals surface area contributed by atoms with E-state index in [1.165, 1.54) is 48.8 Å². The van der Waals surface area contributed by atoms with Crippen molar-refractivity contribution in [3.63, 3.8) is 0 Å². The van der Waals surface area contributed by atoms with Crippen molar-refractivity contribution in [1.29, 1.82) is 0 Å². The fourth-order valence-electron chi connectivity index (χ4n) is 1.94. The van der Waals surface area contributed by atoms with Gasteiger partial charge in [-0.15, -0.1) is 0 Å². The van der Waals surface area contributed by atoms with E-state index in [1.54, 1.807) is 12.1 Å². The molecule has 0 atom stereocenters. The number of halogens is 1. The van der Waals surface area contributed by atoms with Crippen molar-refractivity contribution >= 4 is 33.0 Å². The van der Waals surface area contributed by atoms with Gasteiger partial charge in [0.2, 0.25) is 14.9 Å². The van der Waals surface area contributed by atoms with E-state index in [1.807, 2.05) is 0 Å². The van der Waals surface area contributed by atoms with Crippen LogP contribution in [0.1, 0.15) is 10.6 Å². The standard InChI is InChI=1S/C16H11ClN2O4S/c17-11-1-3-13(4-2-11)24(21,22)15-6-5-14(23-15)16(20)19-12-7-9-18-10-8-12/h1-10H,(H,18,19,20). The number of amides is 1. The highest BCUT2D eigenvalue weighted by Gasteiger charge is 2.23. The summed E-state index contributed by atoms with van der Waals surface area (Å²) in [4.78, 5) is 16.0. The summed E-state index contributed by atoms with van der Waals surface area (Å²) < 4.78 is 30.1. The molecule has 2 heterocycles. The van der Waals surface area contributed by atoms with Crippen LogP contribution >= 0.6 is 11.6 Å².